The Bertz CT molecular complexity index is 1050. The fourth-order valence-electron chi connectivity index (χ4n) is 5.47. The van der Waals surface area contributed by atoms with Crippen LogP contribution in [0.25, 0.3) is 0 Å². The number of carbonyl (C=O) groups excluding carboxylic acids is 1. The van der Waals surface area contributed by atoms with Gasteiger partial charge >= 0.3 is 5.97 Å². The Balaban J connectivity index is 4.30. The van der Waals surface area contributed by atoms with E-state index in [9.17, 15) is 14.3 Å². The Morgan fingerprint density at radius 1 is 0.593 bits per heavy atom. The minimum absolute atomic E-state index is 0.0179. The van der Waals surface area contributed by atoms with Crippen LogP contribution in [0.15, 0.2) is 60.8 Å². The van der Waals surface area contributed by atoms with Crippen molar-refractivity contribution in [2.24, 2.45) is 0 Å². The first-order valence-electron chi connectivity index (χ1n) is 21.5. The summed E-state index contributed by atoms with van der Waals surface area (Å²) in [6.07, 6.45) is 46.6. The van der Waals surface area contributed by atoms with Gasteiger partial charge in [-0.05, 0) is 77.0 Å². The topological polar surface area (TPSA) is 94.1 Å². The van der Waals surface area contributed by atoms with Crippen LogP contribution in [-0.4, -0.2) is 70.7 Å². The molecule has 0 amide bonds. The fraction of sp³-hybridized carbons (Fsp3) is 0.756. The minimum Gasteiger partial charge on any atom is -0.756 e. The van der Waals surface area contributed by atoms with E-state index < -0.39 is 13.9 Å². The van der Waals surface area contributed by atoms with Crippen LogP contribution in [0.1, 0.15) is 162 Å². The Kier molecular flexibility index (Phi) is 36.8. The number of hydrogen-bond donors (Lipinski definition) is 0. The average Bonchev–Trinajstić information content (AvgIpc) is 3.12. The number of rotatable bonds is 39. The molecule has 2 unspecified atom stereocenters. The molecule has 0 aromatic rings. The van der Waals surface area contributed by atoms with E-state index in [4.69, 9.17) is 18.5 Å². The molecule has 0 aromatic heterocycles. The maximum absolute atomic E-state index is 12.7. The molecule has 9 heteroatoms. The highest BCUT2D eigenvalue weighted by atomic mass is 31.2. The van der Waals surface area contributed by atoms with Crippen LogP contribution in [0.5, 0.6) is 0 Å². The number of hydrogen-bond acceptors (Lipinski definition) is 7. The van der Waals surface area contributed by atoms with Crippen LogP contribution < -0.4 is 4.89 Å². The Morgan fingerprint density at radius 2 is 1.07 bits per heavy atom. The smallest absolute Gasteiger partial charge is 0.306 e. The van der Waals surface area contributed by atoms with Crippen LogP contribution >= 0.6 is 7.82 Å². The number of likely N-dealkylation sites (N-methyl/N-ethyl adjacent to an activating group) is 1. The molecular formula is C45H82NO7P. The van der Waals surface area contributed by atoms with Crippen molar-refractivity contribution in [1.82, 2.24) is 0 Å². The maximum atomic E-state index is 12.7. The summed E-state index contributed by atoms with van der Waals surface area (Å²) < 4.78 is 34.5. The first-order chi connectivity index (χ1) is 26.1. The number of esters is 1. The molecule has 0 aliphatic carbocycles. The minimum atomic E-state index is -4.53. The van der Waals surface area contributed by atoms with Gasteiger partial charge in [-0.15, -0.1) is 0 Å². The molecule has 0 radical (unpaired) electrons. The van der Waals surface area contributed by atoms with Gasteiger partial charge in [-0.3, -0.25) is 9.36 Å². The van der Waals surface area contributed by atoms with E-state index in [1.807, 2.05) is 21.1 Å². The van der Waals surface area contributed by atoms with E-state index in [2.05, 4.69) is 74.6 Å². The van der Waals surface area contributed by atoms with E-state index in [1.165, 1.54) is 57.8 Å². The van der Waals surface area contributed by atoms with Crippen LogP contribution in [0.2, 0.25) is 0 Å². The van der Waals surface area contributed by atoms with Gasteiger partial charge in [0, 0.05) is 13.0 Å². The third-order valence-corrected chi connectivity index (χ3v) is 9.77. The predicted molar refractivity (Wildman–Crippen MR) is 226 cm³/mol. The highest BCUT2D eigenvalue weighted by Crippen LogP contribution is 2.38. The molecule has 0 spiro atoms. The molecule has 0 aliphatic rings. The summed E-state index contributed by atoms with van der Waals surface area (Å²) >= 11 is 0. The molecule has 0 heterocycles. The highest BCUT2D eigenvalue weighted by molar-refractivity contribution is 7.45. The number of allylic oxidation sites excluding steroid dienone is 10. The van der Waals surface area contributed by atoms with Crippen LogP contribution in [0.3, 0.4) is 0 Å². The van der Waals surface area contributed by atoms with Crippen molar-refractivity contribution >= 4 is 13.8 Å². The molecule has 314 valence electrons. The zero-order valence-corrected chi connectivity index (χ0v) is 36.3. The van der Waals surface area contributed by atoms with Crippen LogP contribution in [0, 0.1) is 0 Å². The summed E-state index contributed by atoms with van der Waals surface area (Å²) in [7, 11) is 1.33. The standard InChI is InChI=1S/C45H82NO7P/c1-6-8-10-12-14-16-18-20-22-23-24-25-27-29-31-33-35-37-40-50-42-44(43-52-54(48,49)51-41-39-46(3,4)5)53-45(47)38-36-34-32-30-28-26-21-19-17-15-13-11-9-7-2/h8,10,14,16,19-22,24-25,44H,6-7,9,11-13,15,17-18,23,26-43H2,1-5H3/b10-8-,16-14-,21-19-,22-20-,25-24-. The third-order valence-electron chi connectivity index (χ3n) is 8.80. The molecule has 8 nitrogen and oxygen atoms in total. The van der Waals surface area contributed by atoms with Crippen molar-refractivity contribution in [3.05, 3.63) is 60.8 Å². The van der Waals surface area contributed by atoms with Gasteiger partial charge in [0.15, 0.2) is 0 Å². The van der Waals surface area contributed by atoms with Gasteiger partial charge in [0.05, 0.1) is 34.4 Å². The normalized spacial score (nSPS) is 14.4. The van der Waals surface area contributed by atoms with Gasteiger partial charge in [0.1, 0.15) is 19.3 Å². The molecule has 0 N–H and O–H groups in total. The zero-order chi connectivity index (χ0) is 39.9. The monoisotopic (exact) mass is 780 g/mol. The van der Waals surface area contributed by atoms with Crippen LogP contribution in [-0.2, 0) is 27.9 Å². The second-order valence-corrected chi connectivity index (χ2v) is 16.7. The second kappa shape index (κ2) is 38.1. The van der Waals surface area contributed by atoms with Gasteiger partial charge < -0.3 is 27.9 Å². The quantitative estimate of drug-likeness (QED) is 0.0202. The summed E-state index contributed by atoms with van der Waals surface area (Å²) in [5.74, 6) is -0.353. The molecule has 0 saturated carbocycles. The summed E-state index contributed by atoms with van der Waals surface area (Å²) in [5.41, 5.74) is 0. The number of phosphoric ester groups is 1. The van der Waals surface area contributed by atoms with Gasteiger partial charge in [0.25, 0.3) is 7.82 Å². The second-order valence-electron chi connectivity index (χ2n) is 15.3. The SMILES string of the molecule is CC/C=C\C/C=C\C/C=C\C/C=C\CCCCCCCOCC(COP(=O)([O-])OCC[N+](C)(C)C)OC(=O)CCCCCCC/C=C\CCCCCCC. The lowest BCUT2D eigenvalue weighted by molar-refractivity contribution is -0.870. The van der Waals surface area contributed by atoms with Crippen molar-refractivity contribution in [3.63, 3.8) is 0 Å². The summed E-state index contributed by atoms with van der Waals surface area (Å²) in [6.45, 7) is 5.22. The van der Waals surface area contributed by atoms with Crippen molar-refractivity contribution < 1.29 is 37.3 Å². The van der Waals surface area contributed by atoms with Crippen molar-refractivity contribution in [2.45, 2.75) is 168 Å². The number of ether oxygens (including phenoxy) is 2. The molecule has 0 saturated heterocycles. The van der Waals surface area contributed by atoms with Crippen molar-refractivity contribution in [1.29, 1.82) is 0 Å². The first-order valence-corrected chi connectivity index (χ1v) is 23.0. The largest absolute Gasteiger partial charge is 0.756 e. The predicted octanol–water partition coefficient (Wildman–Crippen LogP) is 11.9. The summed E-state index contributed by atoms with van der Waals surface area (Å²) in [4.78, 5) is 25.0. The fourth-order valence-corrected chi connectivity index (χ4v) is 6.20. The number of nitrogens with zero attached hydrogens (tertiary/aromatic N) is 1. The maximum Gasteiger partial charge on any atom is 0.306 e. The average molecular weight is 780 g/mol. The van der Waals surface area contributed by atoms with E-state index in [0.29, 0.717) is 24.1 Å². The van der Waals surface area contributed by atoms with E-state index in [0.717, 1.165) is 83.5 Å². The van der Waals surface area contributed by atoms with Crippen LogP contribution in [0.4, 0.5) is 0 Å². The zero-order valence-electron chi connectivity index (χ0n) is 35.4. The molecule has 0 bridgehead atoms. The first kappa shape index (κ1) is 52.2. The Hall–Kier alpha value is -1.80. The molecule has 0 fully saturated rings. The lowest BCUT2D eigenvalue weighted by Gasteiger charge is -2.28. The molecule has 0 aliphatic heterocycles. The van der Waals surface area contributed by atoms with Gasteiger partial charge in [-0.1, -0.05) is 139 Å². The number of quaternary nitrogens is 1. The Labute approximate surface area is 332 Å². The van der Waals surface area contributed by atoms with E-state index in [1.54, 1.807) is 0 Å². The molecule has 0 aromatic carbocycles. The highest BCUT2D eigenvalue weighted by Gasteiger charge is 2.20. The number of carbonyl (C=O) groups is 1. The van der Waals surface area contributed by atoms with E-state index >= 15 is 0 Å². The molecular weight excluding hydrogens is 697 g/mol. The van der Waals surface area contributed by atoms with Crippen molar-refractivity contribution in [2.75, 3.05) is 54.1 Å². The van der Waals surface area contributed by atoms with Gasteiger partial charge in [0.2, 0.25) is 0 Å². The van der Waals surface area contributed by atoms with Crippen molar-refractivity contribution in [3.8, 4) is 0 Å². The molecule has 54 heavy (non-hydrogen) atoms. The number of phosphoric acid groups is 1. The van der Waals surface area contributed by atoms with E-state index in [-0.39, 0.29) is 25.8 Å². The number of unbranched alkanes of at least 4 members (excludes halogenated alkanes) is 15. The molecule has 0 rings (SSSR count). The lowest BCUT2D eigenvalue weighted by atomic mass is 10.1. The third kappa shape index (κ3) is 41.4. The summed E-state index contributed by atoms with van der Waals surface area (Å²) in [5, 5.41) is 0. The van der Waals surface area contributed by atoms with Gasteiger partial charge in [-0.2, -0.15) is 0 Å². The lowest BCUT2D eigenvalue weighted by Crippen LogP contribution is -2.37. The Morgan fingerprint density at radius 3 is 1.63 bits per heavy atom. The molecule has 2 atom stereocenters. The summed E-state index contributed by atoms with van der Waals surface area (Å²) in [6, 6.07) is 0. The van der Waals surface area contributed by atoms with Gasteiger partial charge in [-0.25, -0.2) is 0 Å².